The molecule has 0 unspecified atom stereocenters. The minimum absolute atomic E-state index is 0.325. The molecule has 0 bridgehead atoms. The molecule has 0 aliphatic heterocycles. The van der Waals surface area contributed by atoms with Crippen molar-refractivity contribution < 1.29 is 9.53 Å². The first-order valence-electron chi connectivity index (χ1n) is 6.64. The topological polar surface area (TPSA) is 52.1 Å². The van der Waals surface area contributed by atoms with E-state index in [1.165, 1.54) is 18.4 Å². The predicted octanol–water partition coefficient (Wildman–Crippen LogP) is 4.18. The molecular formula is C16H14N2O2S2. The van der Waals surface area contributed by atoms with Gasteiger partial charge in [-0.25, -0.2) is 14.8 Å². The summed E-state index contributed by atoms with van der Waals surface area (Å²) >= 11 is 2.91. The number of thiophene rings is 1. The summed E-state index contributed by atoms with van der Waals surface area (Å²) < 4.78 is 4.85. The monoisotopic (exact) mass is 330 g/mol. The van der Waals surface area contributed by atoms with Gasteiger partial charge in [0.2, 0.25) is 0 Å². The fraction of sp³-hybridized carbons (Fsp3) is 0.188. The molecule has 6 heteroatoms. The Balaban J connectivity index is 2.26. The number of esters is 1. The molecule has 0 aliphatic rings. The molecule has 0 atom stereocenters. The number of fused-ring (bicyclic) bond motifs is 1. The molecule has 4 nitrogen and oxygen atoms in total. The van der Waals surface area contributed by atoms with Crippen molar-refractivity contribution in [2.75, 3.05) is 13.4 Å². The zero-order valence-corrected chi connectivity index (χ0v) is 14.0. The first-order chi connectivity index (χ1) is 10.7. The number of hydrogen-bond acceptors (Lipinski definition) is 6. The van der Waals surface area contributed by atoms with Crippen molar-refractivity contribution in [1.29, 1.82) is 0 Å². The van der Waals surface area contributed by atoms with Gasteiger partial charge in [-0.3, -0.25) is 0 Å². The van der Waals surface area contributed by atoms with Gasteiger partial charge in [-0.15, -0.1) is 23.1 Å². The third-order valence-corrected chi connectivity index (χ3v) is 5.20. The highest BCUT2D eigenvalue weighted by atomic mass is 32.2. The Morgan fingerprint density at radius 1 is 1.23 bits per heavy atom. The van der Waals surface area contributed by atoms with E-state index in [9.17, 15) is 4.79 Å². The van der Waals surface area contributed by atoms with E-state index in [4.69, 9.17) is 4.74 Å². The lowest BCUT2D eigenvalue weighted by Gasteiger charge is -2.04. The molecule has 112 valence electrons. The smallest absolute Gasteiger partial charge is 0.348 e. The molecule has 0 amide bonds. The van der Waals surface area contributed by atoms with Crippen LogP contribution in [0.2, 0.25) is 0 Å². The minimum Gasteiger partial charge on any atom is -0.465 e. The Labute approximate surface area is 136 Å². The average Bonchev–Trinajstić information content (AvgIpc) is 2.91. The van der Waals surface area contributed by atoms with Crippen molar-refractivity contribution in [3.05, 3.63) is 40.8 Å². The number of rotatable bonds is 3. The van der Waals surface area contributed by atoms with Crippen LogP contribution in [0.3, 0.4) is 0 Å². The predicted molar refractivity (Wildman–Crippen MR) is 90.7 cm³/mol. The minimum atomic E-state index is -0.325. The van der Waals surface area contributed by atoms with E-state index in [-0.39, 0.29) is 5.97 Å². The number of aryl methyl sites for hydroxylation is 1. The van der Waals surface area contributed by atoms with E-state index in [1.807, 2.05) is 43.5 Å². The van der Waals surface area contributed by atoms with Crippen LogP contribution in [0.1, 0.15) is 15.2 Å². The maximum Gasteiger partial charge on any atom is 0.348 e. The SMILES string of the molecule is COC(=O)c1sc2nc(-c3ccccc3)nc(SC)c2c1C. The van der Waals surface area contributed by atoms with Gasteiger partial charge in [0.05, 0.1) is 7.11 Å². The number of methoxy groups -OCH3 is 1. The highest BCUT2D eigenvalue weighted by molar-refractivity contribution is 7.98. The molecule has 0 saturated carbocycles. The lowest BCUT2D eigenvalue weighted by Crippen LogP contribution is -1.99. The van der Waals surface area contributed by atoms with Crippen LogP contribution in [-0.4, -0.2) is 29.3 Å². The van der Waals surface area contributed by atoms with E-state index in [0.717, 1.165) is 26.4 Å². The van der Waals surface area contributed by atoms with E-state index >= 15 is 0 Å². The lowest BCUT2D eigenvalue weighted by molar-refractivity contribution is 0.0605. The van der Waals surface area contributed by atoms with Crippen LogP contribution < -0.4 is 0 Å². The van der Waals surface area contributed by atoms with Crippen molar-refractivity contribution in [3.63, 3.8) is 0 Å². The number of benzene rings is 1. The Morgan fingerprint density at radius 3 is 2.59 bits per heavy atom. The Hall–Kier alpha value is -1.92. The maximum atomic E-state index is 11.9. The molecule has 1 aromatic carbocycles. The van der Waals surface area contributed by atoms with Gasteiger partial charge in [0.25, 0.3) is 0 Å². The molecule has 22 heavy (non-hydrogen) atoms. The maximum absolute atomic E-state index is 11.9. The van der Waals surface area contributed by atoms with Crippen molar-refractivity contribution >= 4 is 39.3 Å². The van der Waals surface area contributed by atoms with Crippen LogP contribution in [0.4, 0.5) is 0 Å². The molecule has 3 aromatic rings. The quantitative estimate of drug-likeness (QED) is 0.410. The first-order valence-corrected chi connectivity index (χ1v) is 8.68. The molecule has 2 aromatic heterocycles. The van der Waals surface area contributed by atoms with E-state index in [1.54, 1.807) is 11.8 Å². The van der Waals surface area contributed by atoms with Gasteiger partial charge in [-0.2, -0.15) is 0 Å². The van der Waals surface area contributed by atoms with Crippen LogP contribution >= 0.6 is 23.1 Å². The number of carbonyl (C=O) groups excluding carboxylic acids is 1. The molecule has 0 fully saturated rings. The molecule has 2 heterocycles. The van der Waals surface area contributed by atoms with Crippen LogP contribution in [0.5, 0.6) is 0 Å². The normalized spacial score (nSPS) is 10.9. The molecule has 3 rings (SSSR count). The summed E-state index contributed by atoms with van der Waals surface area (Å²) in [6, 6.07) is 9.84. The van der Waals surface area contributed by atoms with Crippen LogP contribution in [0, 0.1) is 6.92 Å². The fourth-order valence-corrected chi connectivity index (χ4v) is 4.05. The van der Waals surface area contributed by atoms with Crippen molar-refractivity contribution in [2.45, 2.75) is 11.9 Å². The zero-order valence-electron chi connectivity index (χ0n) is 12.4. The number of aromatic nitrogens is 2. The van der Waals surface area contributed by atoms with Gasteiger partial charge in [0.15, 0.2) is 5.82 Å². The molecule has 0 aliphatic carbocycles. The first kappa shape index (κ1) is 15.0. The second-order valence-electron chi connectivity index (χ2n) is 4.65. The highest BCUT2D eigenvalue weighted by Crippen LogP contribution is 2.36. The van der Waals surface area contributed by atoms with Gasteiger partial charge >= 0.3 is 5.97 Å². The fourth-order valence-electron chi connectivity index (χ4n) is 2.25. The van der Waals surface area contributed by atoms with E-state index in [0.29, 0.717) is 10.7 Å². The summed E-state index contributed by atoms with van der Waals surface area (Å²) in [6.45, 7) is 1.91. The van der Waals surface area contributed by atoms with Crippen molar-refractivity contribution in [1.82, 2.24) is 9.97 Å². The third kappa shape index (κ3) is 2.48. The number of ether oxygens (including phenoxy) is 1. The van der Waals surface area contributed by atoms with Crippen LogP contribution in [0.25, 0.3) is 21.6 Å². The van der Waals surface area contributed by atoms with Gasteiger partial charge in [0, 0.05) is 10.9 Å². The zero-order chi connectivity index (χ0) is 15.7. The molecule has 0 N–H and O–H groups in total. The Kier molecular flexibility index (Phi) is 4.13. The summed E-state index contributed by atoms with van der Waals surface area (Å²) in [5.74, 6) is 0.351. The second-order valence-corrected chi connectivity index (χ2v) is 6.44. The van der Waals surface area contributed by atoms with E-state index in [2.05, 4.69) is 9.97 Å². The van der Waals surface area contributed by atoms with Crippen LogP contribution in [0.15, 0.2) is 35.4 Å². The molecule has 0 saturated heterocycles. The largest absolute Gasteiger partial charge is 0.465 e. The van der Waals surface area contributed by atoms with Gasteiger partial charge in [0.1, 0.15) is 14.7 Å². The summed E-state index contributed by atoms with van der Waals surface area (Å²) in [5.41, 5.74) is 1.85. The Bertz CT molecular complexity index is 844. The average molecular weight is 330 g/mol. The summed E-state index contributed by atoms with van der Waals surface area (Å²) in [7, 11) is 1.39. The van der Waals surface area contributed by atoms with Crippen LogP contribution in [-0.2, 0) is 4.74 Å². The number of hydrogen-bond donors (Lipinski definition) is 0. The van der Waals surface area contributed by atoms with E-state index < -0.39 is 0 Å². The van der Waals surface area contributed by atoms with Gasteiger partial charge < -0.3 is 4.74 Å². The summed E-state index contributed by atoms with van der Waals surface area (Å²) in [4.78, 5) is 22.6. The van der Waals surface area contributed by atoms with Crippen molar-refractivity contribution in [3.8, 4) is 11.4 Å². The number of nitrogens with zero attached hydrogens (tertiary/aromatic N) is 2. The molecule has 0 radical (unpaired) electrons. The standard InChI is InChI=1S/C16H14N2O2S2/c1-9-11-14(21-3)17-13(10-7-5-4-6-8-10)18-15(11)22-12(9)16(19)20-2/h4-8H,1-3H3. The van der Waals surface area contributed by atoms with Crippen molar-refractivity contribution in [2.24, 2.45) is 0 Å². The molecular weight excluding hydrogens is 316 g/mol. The lowest BCUT2D eigenvalue weighted by atomic mass is 10.2. The summed E-state index contributed by atoms with van der Waals surface area (Å²) in [5, 5.41) is 1.82. The van der Waals surface area contributed by atoms with Gasteiger partial charge in [-0.1, -0.05) is 30.3 Å². The Morgan fingerprint density at radius 2 is 1.95 bits per heavy atom. The number of thioether (sulfide) groups is 1. The second kappa shape index (κ2) is 6.06. The summed E-state index contributed by atoms with van der Waals surface area (Å²) in [6.07, 6.45) is 1.98. The number of carbonyl (C=O) groups is 1. The highest BCUT2D eigenvalue weighted by Gasteiger charge is 2.20. The third-order valence-electron chi connectivity index (χ3n) is 3.35. The molecule has 0 spiro atoms. The van der Waals surface area contributed by atoms with Gasteiger partial charge in [-0.05, 0) is 18.7 Å².